The monoisotopic (exact) mass is 403 g/mol. The number of amides is 2. The maximum atomic E-state index is 12.6. The van der Waals surface area contributed by atoms with Crippen molar-refractivity contribution in [3.05, 3.63) is 78.4 Å². The normalized spacial score (nSPS) is 17.8. The molecule has 1 heterocycles. The van der Waals surface area contributed by atoms with E-state index in [1.165, 1.54) is 11.8 Å². The molecule has 4 rings (SSSR count). The molecular weight excluding hydrogens is 382 g/mol. The third kappa shape index (κ3) is 4.32. The first-order valence-electron chi connectivity index (χ1n) is 9.43. The van der Waals surface area contributed by atoms with Crippen LogP contribution in [0, 0.1) is 0 Å². The Morgan fingerprint density at radius 3 is 2.59 bits per heavy atom. The highest BCUT2D eigenvalue weighted by Gasteiger charge is 2.37. The maximum Gasteiger partial charge on any atom is 0.242 e. The molecule has 1 atom stereocenters. The molecule has 1 saturated heterocycles. The fourth-order valence-corrected chi connectivity index (χ4v) is 4.39. The van der Waals surface area contributed by atoms with Crippen molar-refractivity contribution in [2.75, 3.05) is 7.05 Å². The second-order valence-corrected chi connectivity index (χ2v) is 8.03. The molecule has 1 aliphatic heterocycles. The summed E-state index contributed by atoms with van der Waals surface area (Å²) in [5, 5.41) is 5.19. The van der Waals surface area contributed by atoms with Gasteiger partial charge in [-0.1, -0.05) is 78.5 Å². The molecule has 1 fully saturated rings. The predicted octanol–water partition coefficient (Wildman–Crippen LogP) is 4.11. The molecule has 0 aromatic heterocycles. The predicted molar refractivity (Wildman–Crippen MR) is 118 cm³/mol. The highest BCUT2D eigenvalue weighted by Crippen LogP contribution is 2.33. The summed E-state index contributed by atoms with van der Waals surface area (Å²) in [6.07, 6.45) is 0.134. The number of nitrogens with one attached hydrogen (secondary N) is 1. The first-order chi connectivity index (χ1) is 14.1. The first kappa shape index (κ1) is 19.2. The molecule has 0 saturated carbocycles. The zero-order valence-electron chi connectivity index (χ0n) is 16.0. The van der Waals surface area contributed by atoms with Crippen LogP contribution in [0.5, 0.6) is 0 Å². The van der Waals surface area contributed by atoms with Crippen molar-refractivity contribution < 1.29 is 9.59 Å². The third-order valence-electron chi connectivity index (χ3n) is 4.83. The van der Waals surface area contributed by atoms with Crippen LogP contribution >= 0.6 is 11.8 Å². The summed E-state index contributed by atoms with van der Waals surface area (Å²) >= 11 is 1.35. The van der Waals surface area contributed by atoms with Gasteiger partial charge in [-0.05, 0) is 17.0 Å². The second kappa shape index (κ2) is 8.49. The summed E-state index contributed by atoms with van der Waals surface area (Å²) in [6.45, 7) is 0.456. The number of hydrogen-bond donors (Lipinski definition) is 1. The molecule has 146 valence electrons. The van der Waals surface area contributed by atoms with Crippen molar-refractivity contribution in [3.8, 4) is 0 Å². The number of thioether (sulfide) groups is 1. The van der Waals surface area contributed by atoms with Crippen molar-refractivity contribution in [3.63, 3.8) is 0 Å². The highest BCUT2D eigenvalue weighted by molar-refractivity contribution is 8.15. The number of carbonyl (C=O) groups excluding carboxylic acids is 2. The van der Waals surface area contributed by atoms with Crippen molar-refractivity contribution in [1.82, 2.24) is 10.2 Å². The van der Waals surface area contributed by atoms with Crippen molar-refractivity contribution in [1.29, 1.82) is 0 Å². The van der Waals surface area contributed by atoms with Crippen LogP contribution in [0.2, 0.25) is 0 Å². The van der Waals surface area contributed by atoms with Crippen LogP contribution in [0.1, 0.15) is 12.0 Å². The number of aliphatic imine (C=N–C) groups is 1. The largest absolute Gasteiger partial charge is 0.352 e. The molecular formula is C23H21N3O2S. The molecule has 0 spiro atoms. The lowest BCUT2D eigenvalue weighted by Crippen LogP contribution is -2.32. The summed E-state index contributed by atoms with van der Waals surface area (Å²) in [4.78, 5) is 31.2. The second-order valence-electron chi connectivity index (χ2n) is 6.86. The van der Waals surface area contributed by atoms with Crippen LogP contribution in [-0.2, 0) is 16.1 Å². The Balaban J connectivity index is 1.45. The quantitative estimate of drug-likeness (QED) is 0.697. The number of benzene rings is 3. The van der Waals surface area contributed by atoms with E-state index in [9.17, 15) is 9.59 Å². The Morgan fingerprint density at radius 1 is 1.03 bits per heavy atom. The molecule has 3 aromatic carbocycles. The third-order valence-corrected chi connectivity index (χ3v) is 6.06. The summed E-state index contributed by atoms with van der Waals surface area (Å²) in [7, 11) is 1.71. The van der Waals surface area contributed by atoms with Crippen LogP contribution in [0.4, 0.5) is 5.69 Å². The summed E-state index contributed by atoms with van der Waals surface area (Å²) in [5.74, 6) is -0.233. The van der Waals surface area contributed by atoms with E-state index in [1.807, 2.05) is 72.8 Å². The van der Waals surface area contributed by atoms with Crippen molar-refractivity contribution >= 4 is 45.2 Å². The maximum absolute atomic E-state index is 12.6. The molecule has 1 aliphatic rings. The van der Waals surface area contributed by atoms with Crippen molar-refractivity contribution in [2.45, 2.75) is 18.2 Å². The van der Waals surface area contributed by atoms with Crippen LogP contribution in [0.3, 0.4) is 0 Å². The number of nitrogens with zero attached hydrogens (tertiary/aromatic N) is 2. The lowest BCUT2D eigenvalue weighted by atomic mass is 10.1. The average Bonchev–Trinajstić information content (AvgIpc) is 3.01. The lowest BCUT2D eigenvalue weighted by Gasteiger charge is -2.10. The van der Waals surface area contributed by atoms with E-state index in [0.29, 0.717) is 11.7 Å². The van der Waals surface area contributed by atoms with Gasteiger partial charge in [0, 0.05) is 25.4 Å². The molecule has 0 radical (unpaired) electrons. The Bertz CT molecular complexity index is 1080. The van der Waals surface area contributed by atoms with E-state index in [2.05, 4.69) is 5.32 Å². The van der Waals surface area contributed by atoms with Gasteiger partial charge in [-0.3, -0.25) is 14.5 Å². The number of rotatable bonds is 5. The molecule has 0 bridgehead atoms. The van der Waals surface area contributed by atoms with E-state index < -0.39 is 5.25 Å². The van der Waals surface area contributed by atoms with Gasteiger partial charge in [0.05, 0.1) is 5.69 Å². The Hall–Kier alpha value is -3.12. The van der Waals surface area contributed by atoms with Crippen LogP contribution in [0.15, 0.2) is 77.8 Å². The van der Waals surface area contributed by atoms with E-state index >= 15 is 0 Å². The number of fused-ring (bicyclic) bond motifs is 1. The molecule has 29 heavy (non-hydrogen) atoms. The summed E-state index contributed by atoms with van der Waals surface area (Å²) < 4.78 is 0. The smallest absolute Gasteiger partial charge is 0.242 e. The van der Waals surface area contributed by atoms with E-state index in [0.717, 1.165) is 22.0 Å². The Kier molecular flexibility index (Phi) is 5.62. The fraction of sp³-hybridized carbons (Fsp3) is 0.174. The molecule has 6 heteroatoms. The van der Waals surface area contributed by atoms with E-state index in [4.69, 9.17) is 4.99 Å². The van der Waals surface area contributed by atoms with Gasteiger partial charge in [0.1, 0.15) is 5.25 Å². The van der Waals surface area contributed by atoms with Gasteiger partial charge in [-0.2, -0.15) is 0 Å². The first-order valence-corrected chi connectivity index (χ1v) is 10.3. The standard InChI is InChI=1S/C23H21N3O2S/c1-26-22(28)20(14-21(27)24-15-16-8-3-2-4-9-16)29-23(26)25-19-13-7-11-17-10-5-6-12-18(17)19/h2-13,20H,14-15H2,1H3,(H,24,27)/t20-/m1/s1. The van der Waals surface area contributed by atoms with E-state index in [-0.39, 0.29) is 18.2 Å². The SMILES string of the molecule is CN1C(=O)[C@@H](CC(=O)NCc2ccccc2)SC1=Nc1cccc2ccccc12. The zero-order valence-corrected chi connectivity index (χ0v) is 16.9. The van der Waals surface area contributed by atoms with Crippen LogP contribution in [0.25, 0.3) is 10.8 Å². The number of carbonyl (C=O) groups is 2. The highest BCUT2D eigenvalue weighted by atomic mass is 32.2. The summed E-state index contributed by atoms with van der Waals surface area (Å²) in [5.41, 5.74) is 1.85. The number of hydrogen-bond acceptors (Lipinski definition) is 4. The van der Waals surface area contributed by atoms with Gasteiger partial charge in [0.25, 0.3) is 0 Å². The van der Waals surface area contributed by atoms with Crippen molar-refractivity contribution in [2.24, 2.45) is 4.99 Å². The molecule has 1 N–H and O–H groups in total. The topological polar surface area (TPSA) is 61.8 Å². The van der Waals surface area contributed by atoms with Gasteiger partial charge in [-0.25, -0.2) is 4.99 Å². The lowest BCUT2D eigenvalue weighted by molar-refractivity contribution is -0.128. The zero-order chi connectivity index (χ0) is 20.2. The minimum absolute atomic E-state index is 0.0937. The average molecular weight is 404 g/mol. The summed E-state index contributed by atoms with van der Waals surface area (Å²) in [6, 6.07) is 23.7. The van der Waals surface area contributed by atoms with Gasteiger partial charge in [0.2, 0.25) is 11.8 Å². The molecule has 3 aromatic rings. The Morgan fingerprint density at radius 2 is 1.76 bits per heavy atom. The van der Waals surface area contributed by atoms with Gasteiger partial charge in [-0.15, -0.1) is 0 Å². The van der Waals surface area contributed by atoms with Gasteiger partial charge >= 0.3 is 0 Å². The molecule has 5 nitrogen and oxygen atoms in total. The van der Waals surface area contributed by atoms with Crippen LogP contribution in [-0.4, -0.2) is 34.2 Å². The minimum Gasteiger partial charge on any atom is -0.352 e. The van der Waals surface area contributed by atoms with Gasteiger partial charge < -0.3 is 5.32 Å². The fourth-order valence-electron chi connectivity index (χ4n) is 3.24. The molecule has 2 amide bonds. The van der Waals surface area contributed by atoms with Gasteiger partial charge in [0.15, 0.2) is 5.17 Å². The minimum atomic E-state index is -0.454. The van der Waals surface area contributed by atoms with E-state index in [1.54, 1.807) is 11.9 Å². The molecule has 0 unspecified atom stereocenters. The molecule has 0 aliphatic carbocycles. The van der Waals surface area contributed by atoms with Crippen LogP contribution < -0.4 is 5.32 Å². The Labute approximate surface area is 173 Å². The number of amidine groups is 1.